The number of rotatable bonds is 3. The number of nitrogens with zero attached hydrogens (tertiary/aromatic N) is 6. The van der Waals surface area contributed by atoms with Crippen molar-refractivity contribution in [2.45, 2.75) is 6.04 Å². The van der Waals surface area contributed by atoms with E-state index >= 15 is 0 Å². The molecule has 0 unspecified atom stereocenters. The van der Waals surface area contributed by atoms with Crippen molar-refractivity contribution in [3.05, 3.63) is 30.7 Å². The van der Waals surface area contributed by atoms with Gasteiger partial charge in [0.2, 0.25) is 5.65 Å². The molecule has 106 valence electrons. The minimum absolute atomic E-state index is 0.501. The van der Waals surface area contributed by atoms with Gasteiger partial charge in [-0.2, -0.15) is 0 Å². The molecule has 0 spiro atoms. The lowest BCUT2D eigenvalue weighted by molar-refractivity contribution is 0.448. The van der Waals surface area contributed by atoms with Crippen LogP contribution in [0.4, 0.5) is 5.82 Å². The van der Waals surface area contributed by atoms with Crippen molar-refractivity contribution >= 4 is 28.7 Å². The highest BCUT2D eigenvalue weighted by Crippen LogP contribution is 2.26. The van der Waals surface area contributed by atoms with E-state index in [0.717, 1.165) is 35.6 Å². The number of pyridine rings is 1. The second-order valence-electron chi connectivity index (χ2n) is 5.17. The summed E-state index contributed by atoms with van der Waals surface area (Å²) in [4.78, 5) is 11.3. The van der Waals surface area contributed by atoms with Crippen molar-refractivity contribution in [1.82, 2.24) is 29.9 Å². The second kappa shape index (κ2) is 4.49. The Morgan fingerprint density at radius 3 is 3.05 bits per heavy atom. The van der Waals surface area contributed by atoms with Crippen LogP contribution in [0.1, 0.15) is 5.56 Å². The summed E-state index contributed by atoms with van der Waals surface area (Å²) in [6, 6.07) is 2.50. The molecule has 0 amide bonds. The average Bonchev–Trinajstić information content (AvgIpc) is 2.95. The van der Waals surface area contributed by atoms with E-state index in [2.05, 4.69) is 37.0 Å². The fourth-order valence-electron chi connectivity index (χ4n) is 2.60. The molecule has 3 aromatic rings. The van der Waals surface area contributed by atoms with Crippen molar-refractivity contribution in [2.75, 3.05) is 25.0 Å². The van der Waals surface area contributed by atoms with Crippen LogP contribution < -0.4 is 10.2 Å². The molecule has 1 aliphatic heterocycles. The molecule has 7 nitrogen and oxygen atoms in total. The van der Waals surface area contributed by atoms with Crippen LogP contribution in [0, 0.1) is 0 Å². The SMILES string of the molecule is C=Cc1cnc2nc(N3CC(NC)C3)c3nncn3c2c1. The maximum Gasteiger partial charge on any atom is 0.204 e. The normalized spacial score (nSPS) is 15.6. The zero-order valence-electron chi connectivity index (χ0n) is 11.7. The number of likely N-dealkylation sites (N-methyl/N-ethyl adjacent to an activating group) is 1. The summed E-state index contributed by atoms with van der Waals surface area (Å²) in [6.45, 7) is 5.61. The maximum absolute atomic E-state index is 4.67. The summed E-state index contributed by atoms with van der Waals surface area (Å²) < 4.78 is 1.93. The van der Waals surface area contributed by atoms with Gasteiger partial charge in [0.05, 0.1) is 5.52 Å². The summed E-state index contributed by atoms with van der Waals surface area (Å²) in [6.07, 6.45) is 5.24. The molecule has 1 aliphatic rings. The predicted octanol–water partition coefficient (Wildman–Crippen LogP) is 0.723. The smallest absolute Gasteiger partial charge is 0.204 e. The molecule has 0 atom stereocenters. The first-order chi connectivity index (χ1) is 10.3. The maximum atomic E-state index is 4.67. The molecule has 0 bridgehead atoms. The molecule has 0 aliphatic carbocycles. The Bertz CT molecular complexity index is 832. The van der Waals surface area contributed by atoms with E-state index in [1.165, 1.54) is 0 Å². The molecule has 1 fully saturated rings. The molecule has 0 radical (unpaired) electrons. The van der Waals surface area contributed by atoms with Gasteiger partial charge in [-0.05, 0) is 18.7 Å². The highest BCUT2D eigenvalue weighted by molar-refractivity contribution is 5.82. The van der Waals surface area contributed by atoms with Crippen molar-refractivity contribution in [2.24, 2.45) is 0 Å². The van der Waals surface area contributed by atoms with Gasteiger partial charge in [-0.25, -0.2) is 9.97 Å². The summed E-state index contributed by atoms with van der Waals surface area (Å²) >= 11 is 0. The zero-order chi connectivity index (χ0) is 14.4. The molecule has 4 rings (SSSR count). The van der Waals surface area contributed by atoms with Gasteiger partial charge >= 0.3 is 0 Å². The Labute approximate surface area is 121 Å². The molecular formula is C14H15N7. The van der Waals surface area contributed by atoms with Gasteiger partial charge in [-0.15, -0.1) is 10.2 Å². The standard InChI is InChI=1S/C14H15N7/c1-3-9-4-11-12(16-5-9)18-13(14-19-17-8-21(11)14)20-6-10(7-20)15-2/h3-5,8,10,15H,1,6-7H2,2H3. The van der Waals surface area contributed by atoms with Gasteiger partial charge in [0.15, 0.2) is 11.5 Å². The average molecular weight is 281 g/mol. The van der Waals surface area contributed by atoms with Crippen LogP contribution in [0.15, 0.2) is 25.2 Å². The number of hydrogen-bond acceptors (Lipinski definition) is 6. The lowest BCUT2D eigenvalue weighted by Crippen LogP contribution is -2.57. The van der Waals surface area contributed by atoms with Crippen molar-refractivity contribution in [3.8, 4) is 0 Å². The Hall–Kier alpha value is -2.54. The number of aromatic nitrogens is 5. The van der Waals surface area contributed by atoms with Crippen LogP contribution in [-0.4, -0.2) is 50.7 Å². The third-order valence-electron chi connectivity index (χ3n) is 3.91. The van der Waals surface area contributed by atoms with Crippen molar-refractivity contribution in [3.63, 3.8) is 0 Å². The fourth-order valence-corrected chi connectivity index (χ4v) is 2.60. The molecule has 7 heteroatoms. The first kappa shape index (κ1) is 12.2. The molecule has 3 aromatic heterocycles. The Balaban J connectivity index is 1.91. The van der Waals surface area contributed by atoms with E-state index in [1.807, 2.05) is 17.5 Å². The molecule has 0 saturated carbocycles. The first-order valence-electron chi connectivity index (χ1n) is 6.84. The van der Waals surface area contributed by atoms with Gasteiger partial charge in [0, 0.05) is 25.3 Å². The molecule has 21 heavy (non-hydrogen) atoms. The zero-order valence-corrected chi connectivity index (χ0v) is 11.7. The molecule has 0 aromatic carbocycles. The first-order valence-corrected chi connectivity index (χ1v) is 6.84. The van der Waals surface area contributed by atoms with E-state index in [0.29, 0.717) is 11.7 Å². The monoisotopic (exact) mass is 281 g/mol. The van der Waals surface area contributed by atoms with Crippen LogP contribution in [0.25, 0.3) is 22.9 Å². The fraction of sp³-hybridized carbons (Fsp3) is 0.286. The predicted molar refractivity (Wildman–Crippen MR) is 81.2 cm³/mol. The topological polar surface area (TPSA) is 71.2 Å². The Kier molecular flexibility index (Phi) is 2.61. The van der Waals surface area contributed by atoms with E-state index in [4.69, 9.17) is 0 Å². The summed E-state index contributed by atoms with van der Waals surface area (Å²) in [5, 5.41) is 11.5. The molecule has 1 saturated heterocycles. The summed E-state index contributed by atoms with van der Waals surface area (Å²) in [7, 11) is 1.97. The third-order valence-corrected chi connectivity index (χ3v) is 3.91. The third kappa shape index (κ3) is 1.78. The van der Waals surface area contributed by atoms with Gasteiger partial charge in [-0.3, -0.25) is 4.40 Å². The van der Waals surface area contributed by atoms with E-state index in [-0.39, 0.29) is 0 Å². The van der Waals surface area contributed by atoms with E-state index in [9.17, 15) is 0 Å². The number of hydrogen-bond donors (Lipinski definition) is 1. The van der Waals surface area contributed by atoms with Gasteiger partial charge in [0.25, 0.3) is 0 Å². The molecular weight excluding hydrogens is 266 g/mol. The van der Waals surface area contributed by atoms with Crippen molar-refractivity contribution in [1.29, 1.82) is 0 Å². The largest absolute Gasteiger partial charge is 0.350 e. The minimum atomic E-state index is 0.501. The lowest BCUT2D eigenvalue weighted by atomic mass is 10.1. The number of anilines is 1. The van der Waals surface area contributed by atoms with Gasteiger partial charge in [-0.1, -0.05) is 12.7 Å². The van der Waals surface area contributed by atoms with E-state index in [1.54, 1.807) is 18.6 Å². The Morgan fingerprint density at radius 2 is 2.29 bits per heavy atom. The number of fused-ring (bicyclic) bond motifs is 3. The molecule has 1 N–H and O–H groups in total. The summed E-state index contributed by atoms with van der Waals surface area (Å²) in [5.74, 6) is 0.838. The quantitative estimate of drug-likeness (QED) is 0.763. The highest BCUT2D eigenvalue weighted by Gasteiger charge is 2.29. The number of nitrogens with one attached hydrogen (secondary N) is 1. The summed E-state index contributed by atoms with van der Waals surface area (Å²) in [5.41, 5.74) is 3.30. The van der Waals surface area contributed by atoms with Gasteiger partial charge in [0.1, 0.15) is 6.33 Å². The van der Waals surface area contributed by atoms with Crippen LogP contribution in [0.3, 0.4) is 0 Å². The van der Waals surface area contributed by atoms with Crippen molar-refractivity contribution < 1.29 is 0 Å². The van der Waals surface area contributed by atoms with E-state index < -0.39 is 0 Å². The highest BCUT2D eigenvalue weighted by atomic mass is 15.3. The minimum Gasteiger partial charge on any atom is -0.350 e. The van der Waals surface area contributed by atoms with Crippen LogP contribution in [0.5, 0.6) is 0 Å². The van der Waals surface area contributed by atoms with Crippen LogP contribution >= 0.6 is 0 Å². The molecule has 4 heterocycles. The lowest BCUT2D eigenvalue weighted by Gasteiger charge is -2.39. The Morgan fingerprint density at radius 1 is 1.43 bits per heavy atom. The van der Waals surface area contributed by atoms with Crippen LogP contribution in [-0.2, 0) is 0 Å². The van der Waals surface area contributed by atoms with Gasteiger partial charge < -0.3 is 10.2 Å². The van der Waals surface area contributed by atoms with Crippen LogP contribution in [0.2, 0.25) is 0 Å². The second-order valence-corrected chi connectivity index (χ2v) is 5.17.